The lowest BCUT2D eigenvalue weighted by atomic mass is 10.1. The van der Waals surface area contributed by atoms with Crippen LogP contribution in [0.1, 0.15) is 24.5 Å². The topological polar surface area (TPSA) is 80.8 Å². The van der Waals surface area contributed by atoms with E-state index in [-0.39, 0.29) is 11.9 Å². The van der Waals surface area contributed by atoms with Crippen molar-refractivity contribution in [2.24, 2.45) is 5.92 Å². The molecule has 0 saturated carbocycles. The van der Waals surface area contributed by atoms with Crippen molar-refractivity contribution in [1.82, 2.24) is 15.2 Å². The van der Waals surface area contributed by atoms with E-state index >= 15 is 0 Å². The fraction of sp³-hybridized carbons (Fsp3) is 0.643. The molecule has 8 heteroatoms. The van der Waals surface area contributed by atoms with Gasteiger partial charge in [-0.2, -0.15) is 0 Å². The van der Waals surface area contributed by atoms with Crippen LogP contribution in [0.4, 0.5) is 4.79 Å². The number of ether oxygens (including phenoxy) is 2. The summed E-state index contributed by atoms with van der Waals surface area (Å²) >= 11 is 1.49. The Morgan fingerprint density at radius 3 is 2.64 bits per heavy atom. The Kier molecular flexibility index (Phi) is 7.26. The van der Waals surface area contributed by atoms with Gasteiger partial charge in [0.25, 0.3) is 0 Å². The Morgan fingerprint density at radius 2 is 2.09 bits per heavy atom. The van der Waals surface area contributed by atoms with Crippen LogP contribution in [-0.2, 0) is 27.4 Å². The third kappa shape index (κ3) is 5.27. The molecule has 0 spiro atoms. The molecule has 1 heterocycles. The summed E-state index contributed by atoms with van der Waals surface area (Å²) in [7, 11) is 4.57. The van der Waals surface area contributed by atoms with E-state index < -0.39 is 12.0 Å². The molecule has 0 aliphatic heterocycles. The van der Waals surface area contributed by atoms with E-state index in [1.807, 2.05) is 19.2 Å². The van der Waals surface area contributed by atoms with Gasteiger partial charge >= 0.3 is 12.0 Å². The van der Waals surface area contributed by atoms with Crippen LogP contribution in [0.5, 0.6) is 0 Å². The van der Waals surface area contributed by atoms with Crippen molar-refractivity contribution in [3.8, 4) is 0 Å². The minimum Gasteiger partial charge on any atom is -0.467 e. The maximum atomic E-state index is 12.2. The first-order valence-corrected chi connectivity index (χ1v) is 7.78. The molecule has 0 aliphatic carbocycles. The van der Waals surface area contributed by atoms with Gasteiger partial charge < -0.3 is 19.7 Å². The van der Waals surface area contributed by atoms with E-state index in [0.29, 0.717) is 13.2 Å². The number of thiazole rings is 1. The van der Waals surface area contributed by atoms with Crippen LogP contribution >= 0.6 is 11.3 Å². The van der Waals surface area contributed by atoms with Gasteiger partial charge in [-0.25, -0.2) is 14.6 Å². The molecule has 0 radical (unpaired) electrons. The fourth-order valence-electron chi connectivity index (χ4n) is 1.79. The largest absolute Gasteiger partial charge is 0.467 e. The van der Waals surface area contributed by atoms with E-state index in [4.69, 9.17) is 9.47 Å². The summed E-state index contributed by atoms with van der Waals surface area (Å²) in [4.78, 5) is 29.7. The Balaban J connectivity index is 2.61. The van der Waals surface area contributed by atoms with Gasteiger partial charge in [0.15, 0.2) is 0 Å². The number of amides is 2. The molecule has 0 saturated heterocycles. The highest BCUT2D eigenvalue weighted by Crippen LogP contribution is 2.12. The van der Waals surface area contributed by atoms with Crippen molar-refractivity contribution in [1.29, 1.82) is 0 Å². The zero-order valence-corrected chi connectivity index (χ0v) is 14.4. The number of carbonyl (C=O) groups is 2. The van der Waals surface area contributed by atoms with E-state index in [1.54, 1.807) is 14.2 Å². The number of carbonyl (C=O) groups excluding carboxylic acids is 2. The van der Waals surface area contributed by atoms with Crippen molar-refractivity contribution in [3.63, 3.8) is 0 Å². The molecule has 0 aliphatic rings. The molecule has 7 nitrogen and oxygen atoms in total. The molecule has 1 atom stereocenters. The first-order valence-electron chi connectivity index (χ1n) is 6.90. The first kappa shape index (κ1) is 18.4. The average molecular weight is 329 g/mol. The summed E-state index contributed by atoms with van der Waals surface area (Å²) in [5.74, 6) is -0.509. The number of nitrogens with one attached hydrogen (secondary N) is 1. The number of esters is 1. The van der Waals surface area contributed by atoms with E-state index in [0.717, 1.165) is 10.7 Å². The summed E-state index contributed by atoms with van der Waals surface area (Å²) in [5, 5.41) is 5.43. The van der Waals surface area contributed by atoms with Gasteiger partial charge in [-0.3, -0.25) is 0 Å². The molecule has 2 amide bonds. The van der Waals surface area contributed by atoms with E-state index in [9.17, 15) is 9.59 Å². The van der Waals surface area contributed by atoms with E-state index in [2.05, 4.69) is 10.3 Å². The molecule has 124 valence electrons. The van der Waals surface area contributed by atoms with Gasteiger partial charge in [-0.05, 0) is 5.92 Å². The van der Waals surface area contributed by atoms with Crippen LogP contribution in [-0.4, -0.2) is 49.2 Å². The SMILES string of the molecule is COCc1nc(CN(C)C(=O)N[C@H](C(=O)OC)C(C)C)cs1. The monoisotopic (exact) mass is 329 g/mol. The number of hydrogen-bond acceptors (Lipinski definition) is 6. The quantitative estimate of drug-likeness (QED) is 0.769. The molecule has 1 aromatic rings. The number of nitrogens with zero attached hydrogens (tertiary/aromatic N) is 2. The molecule has 1 rings (SSSR count). The molecule has 1 N–H and O–H groups in total. The van der Waals surface area contributed by atoms with Crippen LogP contribution in [0.15, 0.2) is 5.38 Å². The van der Waals surface area contributed by atoms with Crippen molar-refractivity contribution >= 4 is 23.3 Å². The Bertz CT molecular complexity index is 504. The summed E-state index contributed by atoms with van der Waals surface area (Å²) in [6, 6.07) is -1.01. The maximum absolute atomic E-state index is 12.2. The Hall–Kier alpha value is -1.67. The van der Waals surface area contributed by atoms with Gasteiger partial charge in [0.05, 0.1) is 26.0 Å². The highest BCUT2D eigenvalue weighted by Gasteiger charge is 2.26. The second-order valence-corrected chi connectivity index (χ2v) is 6.16. The number of aromatic nitrogens is 1. The van der Waals surface area contributed by atoms with Gasteiger partial charge in [-0.1, -0.05) is 13.8 Å². The molecule has 0 bridgehead atoms. The van der Waals surface area contributed by atoms with E-state index in [1.165, 1.54) is 23.3 Å². The molecular weight excluding hydrogens is 306 g/mol. The summed E-state index contributed by atoms with van der Waals surface area (Å²) in [6.07, 6.45) is 0. The Labute approximate surface area is 134 Å². The zero-order chi connectivity index (χ0) is 16.7. The maximum Gasteiger partial charge on any atom is 0.328 e. The standard InChI is InChI=1S/C14H23N3O4S/c1-9(2)12(13(18)21-5)16-14(19)17(3)6-10-8-22-11(15-10)7-20-4/h8-9,12H,6-7H2,1-5H3,(H,16,19)/t12-/m0/s1. The van der Waals surface area contributed by atoms with Crippen LogP contribution in [0.2, 0.25) is 0 Å². The van der Waals surface area contributed by atoms with Gasteiger partial charge in [0, 0.05) is 19.5 Å². The molecule has 0 fully saturated rings. The number of methoxy groups -OCH3 is 2. The third-order valence-corrected chi connectivity index (χ3v) is 3.88. The highest BCUT2D eigenvalue weighted by molar-refractivity contribution is 7.09. The third-order valence-electron chi connectivity index (χ3n) is 3.01. The minimum absolute atomic E-state index is 0.0580. The molecule has 0 unspecified atom stereocenters. The molecule has 22 heavy (non-hydrogen) atoms. The molecular formula is C14H23N3O4S. The Morgan fingerprint density at radius 1 is 1.41 bits per heavy atom. The normalized spacial score (nSPS) is 12.1. The van der Waals surface area contributed by atoms with Gasteiger partial charge in [0.2, 0.25) is 0 Å². The highest BCUT2D eigenvalue weighted by atomic mass is 32.1. The lowest BCUT2D eigenvalue weighted by Crippen LogP contribution is -2.49. The van der Waals surface area contributed by atoms with Crippen molar-refractivity contribution in [3.05, 3.63) is 16.1 Å². The van der Waals surface area contributed by atoms with Crippen LogP contribution < -0.4 is 5.32 Å². The first-order chi connectivity index (χ1) is 10.4. The van der Waals surface area contributed by atoms with Crippen LogP contribution in [0, 0.1) is 5.92 Å². The predicted octanol–water partition coefficient (Wildman–Crippen LogP) is 1.63. The van der Waals surface area contributed by atoms with Gasteiger partial charge in [-0.15, -0.1) is 11.3 Å². The van der Waals surface area contributed by atoms with Crippen molar-refractivity contribution in [2.75, 3.05) is 21.3 Å². The minimum atomic E-state index is -0.667. The molecule has 0 aromatic carbocycles. The summed E-state index contributed by atoms with van der Waals surface area (Å²) < 4.78 is 9.72. The number of urea groups is 1. The van der Waals surface area contributed by atoms with Crippen LogP contribution in [0.25, 0.3) is 0 Å². The number of rotatable bonds is 7. The average Bonchev–Trinajstić information content (AvgIpc) is 2.90. The zero-order valence-electron chi connectivity index (χ0n) is 13.6. The lowest BCUT2D eigenvalue weighted by Gasteiger charge is -2.23. The smallest absolute Gasteiger partial charge is 0.328 e. The predicted molar refractivity (Wildman–Crippen MR) is 83.5 cm³/mol. The number of hydrogen-bond donors (Lipinski definition) is 1. The fourth-order valence-corrected chi connectivity index (χ4v) is 2.55. The molecule has 1 aromatic heterocycles. The second kappa shape index (κ2) is 8.70. The second-order valence-electron chi connectivity index (χ2n) is 5.22. The van der Waals surface area contributed by atoms with Crippen molar-refractivity contribution in [2.45, 2.75) is 33.0 Å². The summed E-state index contributed by atoms with van der Waals surface area (Å²) in [6.45, 7) is 4.51. The van der Waals surface area contributed by atoms with Crippen molar-refractivity contribution < 1.29 is 19.1 Å². The van der Waals surface area contributed by atoms with Crippen LogP contribution in [0.3, 0.4) is 0 Å². The summed E-state index contributed by atoms with van der Waals surface area (Å²) in [5.41, 5.74) is 0.786. The lowest BCUT2D eigenvalue weighted by molar-refractivity contribution is -0.144. The van der Waals surface area contributed by atoms with Gasteiger partial charge in [0.1, 0.15) is 11.0 Å².